The van der Waals surface area contributed by atoms with Crippen LogP contribution in [-0.2, 0) is 11.3 Å². The molecule has 2 amide bonds. The summed E-state index contributed by atoms with van der Waals surface area (Å²) >= 11 is 0. The molecule has 0 unspecified atom stereocenters. The standard InChI is InChI=1S/C15H13N3O3/c16-8-7-14(19)17-10-11-4-1-2-5-12(11)18-15(20)13-6-3-9-21-13/h1-6,9H,7,10H2,(H,17,19)(H,18,20). The third-order valence-electron chi connectivity index (χ3n) is 2.73. The summed E-state index contributed by atoms with van der Waals surface area (Å²) in [5, 5.41) is 13.8. The number of rotatable bonds is 5. The summed E-state index contributed by atoms with van der Waals surface area (Å²) in [6.07, 6.45) is 1.23. The van der Waals surface area contributed by atoms with E-state index in [2.05, 4.69) is 10.6 Å². The van der Waals surface area contributed by atoms with Crippen LogP contribution in [0.15, 0.2) is 47.1 Å². The van der Waals surface area contributed by atoms with Gasteiger partial charge in [0.15, 0.2) is 5.76 Å². The van der Waals surface area contributed by atoms with E-state index in [1.54, 1.807) is 42.5 Å². The fourth-order valence-corrected chi connectivity index (χ4v) is 1.72. The minimum absolute atomic E-state index is 0.194. The van der Waals surface area contributed by atoms with E-state index in [0.29, 0.717) is 5.69 Å². The molecule has 2 N–H and O–H groups in total. The van der Waals surface area contributed by atoms with Gasteiger partial charge in [0.25, 0.3) is 5.91 Å². The molecule has 6 nitrogen and oxygen atoms in total. The number of carbonyl (C=O) groups excluding carboxylic acids is 2. The number of para-hydroxylation sites is 1. The lowest BCUT2D eigenvalue weighted by molar-refractivity contribution is -0.120. The number of nitrogens with one attached hydrogen (secondary N) is 2. The fraction of sp³-hybridized carbons (Fsp3) is 0.133. The lowest BCUT2D eigenvalue weighted by Gasteiger charge is -2.10. The quantitative estimate of drug-likeness (QED) is 0.878. The summed E-state index contributed by atoms with van der Waals surface area (Å²) in [5.41, 5.74) is 1.32. The lowest BCUT2D eigenvalue weighted by Crippen LogP contribution is -2.23. The zero-order valence-corrected chi connectivity index (χ0v) is 11.1. The average Bonchev–Trinajstić information content (AvgIpc) is 3.01. The molecule has 0 saturated carbocycles. The number of anilines is 1. The number of furan rings is 1. The molecule has 106 valence electrons. The first-order chi connectivity index (χ1) is 10.2. The van der Waals surface area contributed by atoms with Gasteiger partial charge in [-0.15, -0.1) is 0 Å². The van der Waals surface area contributed by atoms with Crippen LogP contribution in [0.25, 0.3) is 0 Å². The minimum Gasteiger partial charge on any atom is -0.459 e. The van der Waals surface area contributed by atoms with Crippen LogP contribution in [-0.4, -0.2) is 11.8 Å². The van der Waals surface area contributed by atoms with Gasteiger partial charge >= 0.3 is 0 Å². The Bertz CT molecular complexity index is 672. The smallest absolute Gasteiger partial charge is 0.291 e. The summed E-state index contributed by atoms with van der Waals surface area (Å²) in [4.78, 5) is 23.2. The molecular formula is C15H13N3O3. The Hall–Kier alpha value is -3.07. The number of hydrogen-bond donors (Lipinski definition) is 2. The number of hydrogen-bond acceptors (Lipinski definition) is 4. The van der Waals surface area contributed by atoms with Crippen molar-refractivity contribution in [1.29, 1.82) is 5.26 Å². The predicted octanol–water partition coefficient (Wildman–Crippen LogP) is 2.06. The van der Waals surface area contributed by atoms with Gasteiger partial charge < -0.3 is 15.1 Å². The van der Waals surface area contributed by atoms with Crippen LogP contribution in [0.2, 0.25) is 0 Å². The summed E-state index contributed by atoms with van der Waals surface area (Å²) in [5.74, 6) is -0.515. The van der Waals surface area contributed by atoms with E-state index in [1.165, 1.54) is 6.26 Å². The summed E-state index contributed by atoms with van der Waals surface area (Å²) < 4.78 is 5.02. The SMILES string of the molecule is N#CCC(=O)NCc1ccccc1NC(=O)c1ccco1. The van der Waals surface area contributed by atoms with Crippen molar-refractivity contribution in [1.82, 2.24) is 5.32 Å². The van der Waals surface area contributed by atoms with E-state index in [4.69, 9.17) is 9.68 Å². The Morgan fingerprint density at radius 2 is 2.00 bits per heavy atom. The molecule has 1 aromatic heterocycles. The molecule has 0 aliphatic rings. The second-order valence-corrected chi connectivity index (χ2v) is 4.20. The van der Waals surface area contributed by atoms with Crippen LogP contribution in [0, 0.1) is 11.3 Å². The molecule has 0 atom stereocenters. The Morgan fingerprint density at radius 1 is 1.19 bits per heavy atom. The highest BCUT2D eigenvalue weighted by Gasteiger charge is 2.11. The molecule has 1 heterocycles. The van der Waals surface area contributed by atoms with Crippen molar-refractivity contribution in [2.75, 3.05) is 5.32 Å². The first-order valence-electron chi connectivity index (χ1n) is 6.27. The van der Waals surface area contributed by atoms with Gasteiger partial charge in [-0.25, -0.2) is 0 Å². The number of amides is 2. The van der Waals surface area contributed by atoms with E-state index in [0.717, 1.165) is 5.56 Å². The molecule has 1 aromatic carbocycles. The van der Waals surface area contributed by atoms with Crippen molar-refractivity contribution in [3.63, 3.8) is 0 Å². The molecule has 0 saturated heterocycles. The third kappa shape index (κ3) is 3.94. The number of benzene rings is 1. The molecule has 21 heavy (non-hydrogen) atoms. The maximum atomic E-state index is 11.9. The van der Waals surface area contributed by atoms with Gasteiger partial charge in [0.1, 0.15) is 6.42 Å². The monoisotopic (exact) mass is 283 g/mol. The minimum atomic E-state index is -0.365. The molecule has 2 aromatic rings. The van der Waals surface area contributed by atoms with E-state index in [1.807, 2.05) is 0 Å². The van der Waals surface area contributed by atoms with Crippen molar-refractivity contribution in [3.8, 4) is 6.07 Å². The van der Waals surface area contributed by atoms with E-state index < -0.39 is 0 Å². The molecule has 0 fully saturated rings. The molecule has 6 heteroatoms. The van der Waals surface area contributed by atoms with Crippen LogP contribution in [0.3, 0.4) is 0 Å². The predicted molar refractivity (Wildman–Crippen MR) is 75.2 cm³/mol. The first kappa shape index (κ1) is 14.3. The summed E-state index contributed by atoms with van der Waals surface area (Å²) in [6.45, 7) is 0.231. The molecule has 0 aliphatic heterocycles. The Balaban J connectivity index is 2.05. The molecule has 2 rings (SSSR count). The van der Waals surface area contributed by atoms with E-state index >= 15 is 0 Å². The zero-order valence-electron chi connectivity index (χ0n) is 11.1. The molecule has 0 radical (unpaired) electrons. The molecule has 0 bridgehead atoms. The molecule has 0 spiro atoms. The normalized spacial score (nSPS) is 9.67. The van der Waals surface area contributed by atoms with Crippen LogP contribution in [0.5, 0.6) is 0 Å². The van der Waals surface area contributed by atoms with Crippen molar-refractivity contribution < 1.29 is 14.0 Å². The van der Waals surface area contributed by atoms with Crippen molar-refractivity contribution in [2.45, 2.75) is 13.0 Å². The largest absolute Gasteiger partial charge is 0.459 e. The highest BCUT2D eigenvalue weighted by molar-refractivity contribution is 6.02. The maximum Gasteiger partial charge on any atom is 0.291 e. The van der Waals surface area contributed by atoms with Crippen molar-refractivity contribution in [3.05, 3.63) is 54.0 Å². The first-order valence-corrected chi connectivity index (χ1v) is 6.27. The van der Waals surface area contributed by atoms with Gasteiger partial charge in [-0.3, -0.25) is 9.59 Å². The number of nitrogens with zero attached hydrogens (tertiary/aromatic N) is 1. The van der Waals surface area contributed by atoms with Gasteiger partial charge in [0.05, 0.1) is 12.3 Å². The van der Waals surface area contributed by atoms with Crippen LogP contribution in [0.4, 0.5) is 5.69 Å². The summed E-state index contributed by atoms with van der Waals surface area (Å²) in [6, 6.07) is 12.1. The van der Waals surface area contributed by atoms with Crippen LogP contribution >= 0.6 is 0 Å². The second kappa shape index (κ2) is 6.91. The van der Waals surface area contributed by atoms with Crippen LogP contribution in [0.1, 0.15) is 22.5 Å². The molecule has 0 aliphatic carbocycles. The average molecular weight is 283 g/mol. The topological polar surface area (TPSA) is 95.1 Å². The van der Waals surface area contributed by atoms with Gasteiger partial charge in [-0.2, -0.15) is 5.26 Å². The van der Waals surface area contributed by atoms with E-state index in [-0.39, 0.29) is 30.5 Å². The Morgan fingerprint density at radius 3 is 2.71 bits per heavy atom. The highest BCUT2D eigenvalue weighted by Crippen LogP contribution is 2.16. The Kier molecular flexibility index (Phi) is 4.72. The van der Waals surface area contributed by atoms with Crippen LogP contribution < -0.4 is 10.6 Å². The van der Waals surface area contributed by atoms with Gasteiger partial charge in [0.2, 0.25) is 5.91 Å². The highest BCUT2D eigenvalue weighted by atomic mass is 16.3. The second-order valence-electron chi connectivity index (χ2n) is 4.20. The zero-order chi connectivity index (χ0) is 15.1. The lowest BCUT2D eigenvalue weighted by atomic mass is 10.1. The van der Waals surface area contributed by atoms with E-state index in [9.17, 15) is 9.59 Å². The third-order valence-corrected chi connectivity index (χ3v) is 2.73. The maximum absolute atomic E-state index is 11.9. The Labute approximate surface area is 121 Å². The van der Waals surface area contributed by atoms with Crippen molar-refractivity contribution in [2.24, 2.45) is 0 Å². The number of carbonyl (C=O) groups is 2. The molecular weight excluding hydrogens is 270 g/mol. The summed E-state index contributed by atoms with van der Waals surface area (Å²) in [7, 11) is 0. The fourth-order valence-electron chi connectivity index (χ4n) is 1.72. The number of nitriles is 1. The van der Waals surface area contributed by atoms with Gasteiger partial charge in [0, 0.05) is 12.2 Å². The van der Waals surface area contributed by atoms with Gasteiger partial charge in [-0.1, -0.05) is 18.2 Å². The van der Waals surface area contributed by atoms with Gasteiger partial charge in [-0.05, 0) is 23.8 Å². The van der Waals surface area contributed by atoms with Crippen molar-refractivity contribution >= 4 is 17.5 Å².